The molecule has 22 heavy (non-hydrogen) atoms. The minimum atomic E-state index is -0.950. The van der Waals surface area contributed by atoms with E-state index in [0.717, 1.165) is 19.3 Å². The second kappa shape index (κ2) is 8.51. The Morgan fingerprint density at radius 3 is 2.50 bits per heavy atom. The van der Waals surface area contributed by atoms with Gasteiger partial charge in [-0.15, -0.1) is 0 Å². The quantitative estimate of drug-likeness (QED) is 0.790. The highest BCUT2D eigenvalue weighted by molar-refractivity contribution is 5.85. The van der Waals surface area contributed by atoms with Crippen LogP contribution in [-0.2, 0) is 14.3 Å². The highest BCUT2D eigenvalue weighted by Gasteiger charge is 2.32. The number of hydrogen-bond acceptors (Lipinski definition) is 3. The van der Waals surface area contributed by atoms with Crippen molar-refractivity contribution in [2.45, 2.75) is 64.3 Å². The Morgan fingerprint density at radius 1 is 1.18 bits per heavy atom. The van der Waals surface area contributed by atoms with E-state index in [2.05, 4.69) is 5.32 Å². The number of amides is 1. The lowest BCUT2D eigenvalue weighted by Gasteiger charge is -2.30. The van der Waals surface area contributed by atoms with Gasteiger partial charge in [-0.1, -0.05) is 39.0 Å². The van der Waals surface area contributed by atoms with Crippen molar-refractivity contribution in [2.24, 2.45) is 17.8 Å². The largest absolute Gasteiger partial charge is 0.480 e. The fourth-order valence-electron chi connectivity index (χ4n) is 3.74. The first kappa shape index (κ1) is 17.3. The molecule has 5 nitrogen and oxygen atoms in total. The van der Waals surface area contributed by atoms with Crippen molar-refractivity contribution in [2.75, 3.05) is 13.2 Å². The van der Waals surface area contributed by atoms with Crippen LogP contribution in [0, 0.1) is 17.8 Å². The van der Waals surface area contributed by atoms with Crippen LogP contribution in [0.4, 0.5) is 0 Å². The van der Waals surface area contributed by atoms with Crippen LogP contribution in [0.25, 0.3) is 0 Å². The number of carbonyl (C=O) groups is 2. The molecule has 1 heterocycles. The maximum absolute atomic E-state index is 12.4. The number of carbonyl (C=O) groups excluding carboxylic acids is 1. The molecule has 3 atom stereocenters. The smallest absolute Gasteiger partial charge is 0.326 e. The van der Waals surface area contributed by atoms with Gasteiger partial charge in [0.15, 0.2) is 0 Å². The molecular weight excluding hydrogens is 282 g/mol. The van der Waals surface area contributed by atoms with E-state index >= 15 is 0 Å². The van der Waals surface area contributed by atoms with Gasteiger partial charge in [0.25, 0.3) is 0 Å². The van der Waals surface area contributed by atoms with Crippen LogP contribution in [0.1, 0.15) is 58.3 Å². The van der Waals surface area contributed by atoms with Crippen molar-refractivity contribution in [1.82, 2.24) is 5.32 Å². The molecule has 3 unspecified atom stereocenters. The molecule has 1 amide bonds. The standard InChI is InChI=1S/C17H29NO4/c1-12(10-13-6-3-2-4-7-13)16(19)18-15(17(20)21)14-8-5-9-22-11-14/h12-15H,2-11H2,1H3,(H,18,19)(H,20,21). The van der Waals surface area contributed by atoms with Gasteiger partial charge in [-0.25, -0.2) is 4.79 Å². The fourth-order valence-corrected chi connectivity index (χ4v) is 3.74. The number of rotatable bonds is 6. The molecule has 0 bridgehead atoms. The lowest BCUT2D eigenvalue weighted by atomic mass is 9.83. The highest BCUT2D eigenvalue weighted by Crippen LogP contribution is 2.29. The van der Waals surface area contributed by atoms with Gasteiger partial charge >= 0.3 is 5.97 Å². The highest BCUT2D eigenvalue weighted by atomic mass is 16.5. The molecule has 2 rings (SSSR count). The van der Waals surface area contributed by atoms with Crippen LogP contribution in [0.2, 0.25) is 0 Å². The summed E-state index contributed by atoms with van der Waals surface area (Å²) in [5, 5.41) is 12.2. The predicted octanol–water partition coefficient (Wildman–Crippen LogP) is 2.59. The molecule has 2 aliphatic rings. The summed E-state index contributed by atoms with van der Waals surface area (Å²) in [5.74, 6) is -0.681. The van der Waals surface area contributed by atoms with Gasteiger partial charge in [-0.3, -0.25) is 4.79 Å². The maximum atomic E-state index is 12.4. The van der Waals surface area contributed by atoms with Gasteiger partial charge in [-0.05, 0) is 25.2 Å². The third-order valence-corrected chi connectivity index (χ3v) is 5.09. The molecule has 0 aromatic carbocycles. The molecule has 126 valence electrons. The zero-order valence-electron chi connectivity index (χ0n) is 13.6. The summed E-state index contributed by atoms with van der Waals surface area (Å²) in [6, 6.07) is -0.818. The molecule has 1 saturated heterocycles. The third kappa shape index (κ3) is 4.97. The zero-order valence-corrected chi connectivity index (χ0v) is 13.6. The number of aliphatic carboxylic acids is 1. The summed E-state index contributed by atoms with van der Waals surface area (Å²) >= 11 is 0. The van der Waals surface area contributed by atoms with E-state index in [9.17, 15) is 14.7 Å². The third-order valence-electron chi connectivity index (χ3n) is 5.09. The summed E-state index contributed by atoms with van der Waals surface area (Å²) in [6.07, 6.45) is 8.77. The average molecular weight is 311 g/mol. The summed E-state index contributed by atoms with van der Waals surface area (Å²) in [4.78, 5) is 23.8. The minimum absolute atomic E-state index is 0.114. The molecule has 1 aliphatic heterocycles. The Labute approximate surface area is 132 Å². The summed E-state index contributed by atoms with van der Waals surface area (Å²) in [5.41, 5.74) is 0. The normalized spacial score (nSPS) is 26.1. The van der Waals surface area contributed by atoms with Gasteiger partial charge < -0.3 is 15.2 Å². The number of nitrogens with one attached hydrogen (secondary N) is 1. The van der Waals surface area contributed by atoms with Crippen LogP contribution < -0.4 is 5.32 Å². The van der Waals surface area contributed by atoms with Crippen LogP contribution in [0.5, 0.6) is 0 Å². The molecule has 0 radical (unpaired) electrons. The first-order valence-electron chi connectivity index (χ1n) is 8.69. The molecule has 0 aromatic rings. The van der Waals surface area contributed by atoms with Gasteiger partial charge in [0.2, 0.25) is 5.91 Å². The van der Waals surface area contributed by atoms with Crippen molar-refractivity contribution >= 4 is 11.9 Å². The fraction of sp³-hybridized carbons (Fsp3) is 0.882. The lowest BCUT2D eigenvalue weighted by Crippen LogP contribution is -2.50. The van der Waals surface area contributed by atoms with Gasteiger partial charge in [0, 0.05) is 18.4 Å². The van der Waals surface area contributed by atoms with Crippen LogP contribution in [0.3, 0.4) is 0 Å². The second-order valence-corrected chi connectivity index (χ2v) is 6.94. The summed E-state index contributed by atoms with van der Waals surface area (Å²) in [7, 11) is 0. The number of hydrogen-bond donors (Lipinski definition) is 2. The van der Waals surface area contributed by atoms with Crippen molar-refractivity contribution in [3.63, 3.8) is 0 Å². The maximum Gasteiger partial charge on any atom is 0.326 e. The molecule has 5 heteroatoms. The first-order chi connectivity index (χ1) is 10.6. The molecule has 1 saturated carbocycles. The topological polar surface area (TPSA) is 75.6 Å². The van der Waals surface area contributed by atoms with E-state index in [1.165, 1.54) is 32.1 Å². The molecular formula is C17H29NO4. The Kier molecular flexibility index (Phi) is 6.68. The number of carboxylic acids is 1. The Morgan fingerprint density at radius 2 is 1.91 bits per heavy atom. The van der Waals surface area contributed by atoms with E-state index < -0.39 is 12.0 Å². The van der Waals surface area contributed by atoms with E-state index in [4.69, 9.17) is 4.74 Å². The molecule has 2 N–H and O–H groups in total. The van der Waals surface area contributed by atoms with Gasteiger partial charge in [-0.2, -0.15) is 0 Å². The molecule has 0 spiro atoms. The van der Waals surface area contributed by atoms with Gasteiger partial charge in [0.1, 0.15) is 6.04 Å². The Balaban J connectivity index is 1.84. The Bertz CT molecular complexity index is 373. The van der Waals surface area contributed by atoms with Crippen molar-refractivity contribution in [1.29, 1.82) is 0 Å². The van der Waals surface area contributed by atoms with E-state index in [1.807, 2.05) is 6.92 Å². The van der Waals surface area contributed by atoms with Crippen LogP contribution in [0.15, 0.2) is 0 Å². The number of ether oxygens (including phenoxy) is 1. The van der Waals surface area contributed by atoms with Gasteiger partial charge in [0.05, 0.1) is 6.61 Å². The Hall–Kier alpha value is -1.10. The zero-order chi connectivity index (χ0) is 15.9. The van der Waals surface area contributed by atoms with Crippen molar-refractivity contribution in [3.8, 4) is 0 Å². The molecule has 2 fully saturated rings. The number of carboxylic acid groups (broad SMARTS) is 1. The molecule has 1 aliphatic carbocycles. The molecule has 0 aromatic heterocycles. The van der Waals surface area contributed by atoms with E-state index in [1.54, 1.807) is 0 Å². The van der Waals surface area contributed by atoms with E-state index in [-0.39, 0.29) is 17.7 Å². The average Bonchev–Trinajstić information content (AvgIpc) is 2.53. The van der Waals surface area contributed by atoms with Crippen LogP contribution in [-0.4, -0.2) is 36.2 Å². The van der Waals surface area contributed by atoms with Crippen molar-refractivity contribution in [3.05, 3.63) is 0 Å². The SMILES string of the molecule is CC(CC1CCCCC1)C(=O)NC(C(=O)O)C1CCCOC1. The second-order valence-electron chi connectivity index (χ2n) is 6.94. The van der Waals surface area contributed by atoms with E-state index in [0.29, 0.717) is 19.1 Å². The summed E-state index contributed by atoms with van der Waals surface area (Å²) < 4.78 is 5.36. The monoisotopic (exact) mass is 311 g/mol. The lowest BCUT2D eigenvalue weighted by molar-refractivity contribution is -0.145. The predicted molar refractivity (Wildman–Crippen MR) is 83.5 cm³/mol. The van der Waals surface area contributed by atoms with Crippen molar-refractivity contribution < 1.29 is 19.4 Å². The van der Waals surface area contributed by atoms with Crippen LogP contribution >= 0.6 is 0 Å². The first-order valence-corrected chi connectivity index (χ1v) is 8.69. The minimum Gasteiger partial charge on any atom is -0.480 e. The summed E-state index contributed by atoms with van der Waals surface area (Å²) in [6.45, 7) is 3.03.